The maximum Gasteiger partial charge on any atom is 0.339 e. The third-order valence-corrected chi connectivity index (χ3v) is 8.45. The molecule has 5 rings (SSSR count). The van der Waals surface area contributed by atoms with Gasteiger partial charge in [-0.15, -0.1) is 0 Å². The molecule has 2 heterocycles. The van der Waals surface area contributed by atoms with Crippen molar-refractivity contribution >= 4 is 21.6 Å². The van der Waals surface area contributed by atoms with Gasteiger partial charge in [-0.05, 0) is 81.5 Å². The van der Waals surface area contributed by atoms with Crippen LogP contribution >= 0.6 is 0 Å². The molecule has 4 aromatic rings. The molecule has 0 atom stereocenters. The summed E-state index contributed by atoms with van der Waals surface area (Å²) in [5.41, 5.74) is 5.96. The molecule has 2 aromatic heterocycles. The fourth-order valence-corrected chi connectivity index (χ4v) is 6.70. The van der Waals surface area contributed by atoms with E-state index < -0.39 is 10.1 Å². The molecule has 0 saturated heterocycles. The quantitative estimate of drug-likeness (QED) is 0.295. The molecule has 7 heteroatoms. The van der Waals surface area contributed by atoms with Crippen LogP contribution in [0.15, 0.2) is 59.6 Å². The molecule has 188 valence electrons. The van der Waals surface area contributed by atoms with Gasteiger partial charge in [-0.1, -0.05) is 49.1 Å². The molecule has 1 fully saturated rings. The Morgan fingerprint density at radius 1 is 0.917 bits per heavy atom. The van der Waals surface area contributed by atoms with E-state index in [9.17, 15) is 8.42 Å². The van der Waals surface area contributed by atoms with E-state index in [0.717, 1.165) is 46.7 Å². The number of aromatic nitrogens is 2. The van der Waals surface area contributed by atoms with Crippen LogP contribution in [-0.2, 0) is 10.1 Å². The van der Waals surface area contributed by atoms with Crippen molar-refractivity contribution in [1.29, 1.82) is 0 Å². The topological polar surface area (TPSA) is 72.7 Å². The average molecular weight is 504 g/mol. The second-order valence-corrected chi connectivity index (χ2v) is 11.5. The van der Waals surface area contributed by atoms with E-state index in [1.807, 2.05) is 37.4 Å². The number of benzene rings is 2. The minimum absolute atomic E-state index is 0.223. The molecule has 0 bridgehead atoms. The van der Waals surface area contributed by atoms with Gasteiger partial charge in [-0.3, -0.25) is 4.40 Å². The van der Waals surface area contributed by atoms with E-state index in [0.29, 0.717) is 17.2 Å². The molecule has 1 aliphatic carbocycles. The number of imidazole rings is 1. The molecular formula is C29H33N3O3S. The Balaban J connectivity index is 1.53. The van der Waals surface area contributed by atoms with E-state index in [1.165, 1.54) is 19.3 Å². The van der Waals surface area contributed by atoms with Crippen molar-refractivity contribution in [3.8, 4) is 17.0 Å². The number of hydrogen-bond donors (Lipinski definition) is 1. The third-order valence-electron chi connectivity index (χ3n) is 6.90. The number of hydrogen-bond acceptors (Lipinski definition) is 5. The van der Waals surface area contributed by atoms with Crippen molar-refractivity contribution in [1.82, 2.24) is 9.38 Å². The Labute approximate surface area is 213 Å². The number of nitrogens with zero attached hydrogens (tertiary/aromatic N) is 2. The number of pyridine rings is 1. The van der Waals surface area contributed by atoms with Gasteiger partial charge in [-0.25, -0.2) is 4.98 Å². The smallest absolute Gasteiger partial charge is 0.339 e. The molecule has 0 unspecified atom stereocenters. The molecule has 0 aliphatic heterocycles. The molecule has 1 N–H and O–H groups in total. The summed E-state index contributed by atoms with van der Waals surface area (Å²) in [7, 11) is -3.99. The Bertz CT molecular complexity index is 1510. The second-order valence-electron chi connectivity index (χ2n) is 10.0. The minimum Gasteiger partial charge on any atom is -0.379 e. The van der Waals surface area contributed by atoms with Gasteiger partial charge in [0.15, 0.2) is 0 Å². The maximum absolute atomic E-state index is 13.3. The van der Waals surface area contributed by atoms with Gasteiger partial charge in [0.05, 0.1) is 0 Å². The first-order valence-electron chi connectivity index (χ1n) is 12.6. The summed E-state index contributed by atoms with van der Waals surface area (Å²) in [6.45, 7) is 7.61. The van der Waals surface area contributed by atoms with Crippen LogP contribution < -0.4 is 9.50 Å². The average Bonchev–Trinajstić information content (AvgIpc) is 3.16. The zero-order chi connectivity index (χ0) is 25.4. The highest BCUT2D eigenvalue weighted by Gasteiger charge is 2.24. The van der Waals surface area contributed by atoms with E-state index in [2.05, 4.69) is 28.8 Å². The van der Waals surface area contributed by atoms with Gasteiger partial charge < -0.3 is 9.50 Å². The van der Waals surface area contributed by atoms with Crippen molar-refractivity contribution in [3.63, 3.8) is 0 Å². The van der Waals surface area contributed by atoms with Crippen LogP contribution in [0.2, 0.25) is 0 Å². The van der Waals surface area contributed by atoms with Crippen LogP contribution in [0.5, 0.6) is 5.75 Å². The van der Waals surface area contributed by atoms with Crippen LogP contribution in [0.25, 0.3) is 16.9 Å². The van der Waals surface area contributed by atoms with Crippen molar-refractivity contribution in [2.24, 2.45) is 0 Å². The molecule has 6 nitrogen and oxygen atoms in total. The van der Waals surface area contributed by atoms with E-state index in [4.69, 9.17) is 9.17 Å². The van der Waals surface area contributed by atoms with Gasteiger partial charge in [0.1, 0.15) is 27.8 Å². The summed E-state index contributed by atoms with van der Waals surface area (Å²) >= 11 is 0. The SMILES string of the molecule is Cc1cc(C)c(S(=O)(=O)Oc2cccc(-c3nc4cc(C)ccn4c3NC3CCCCC3)c2)c(C)c1. The zero-order valence-corrected chi connectivity index (χ0v) is 22.2. The first-order chi connectivity index (χ1) is 17.2. The van der Waals surface area contributed by atoms with Crippen LogP contribution in [0.3, 0.4) is 0 Å². The molecule has 2 aromatic carbocycles. The summed E-state index contributed by atoms with van der Waals surface area (Å²) in [5, 5.41) is 3.75. The van der Waals surface area contributed by atoms with Crippen LogP contribution in [0.1, 0.15) is 54.4 Å². The van der Waals surface area contributed by atoms with Crippen LogP contribution in [-0.4, -0.2) is 23.8 Å². The number of anilines is 1. The molecule has 36 heavy (non-hydrogen) atoms. The lowest BCUT2D eigenvalue weighted by molar-refractivity contribution is 0.462. The Morgan fingerprint density at radius 3 is 2.36 bits per heavy atom. The Morgan fingerprint density at radius 2 is 1.64 bits per heavy atom. The van der Waals surface area contributed by atoms with E-state index in [-0.39, 0.29) is 10.6 Å². The monoisotopic (exact) mass is 503 g/mol. The normalized spacial score (nSPS) is 14.8. The van der Waals surface area contributed by atoms with Crippen molar-refractivity contribution in [2.45, 2.75) is 70.7 Å². The predicted octanol–water partition coefficient (Wildman–Crippen LogP) is 6.75. The minimum atomic E-state index is -3.99. The lowest BCUT2D eigenvalue weighted by Crippen LogP contribution is -2.23. The number of fused-ring (bicyclic) bond motifs is 1. The van der Waals surface area contributed by atoms with Gasteiger partial charge in [0.25, 0.3) is 0 Å². The molecule has 0 amide bonds. The zero-order valence-electron chi connectivity index (χ0n) is 21.3. The molecule has 0 spiro atoms. The van der Waals surface area contributed by atoms with Crippen LogP contribution in [0, 0.1) is 27.7 Å². The summed E-state index contributed by atoms with van der Waals surface area (Å²) in [5.74, 6) is 1.20. The highest BCUT2D eigenvalue weighted by molar-refractivity contribution is 7.87. The first-order valence-corrected chi connectivity index (χ1v) is 14.0. The summed E-state index contributed by atoms with van der Waals surface area (Å²) < 4.78 is 34.2. The van der Waals surface area contributed by atoms with E-state index in [1.54, 1.807) is 26.0 Å². The highest BCUT2D eigenvalue weighted by Crippen LogP contribution is 2.34. The van der Waals surface area contributed by atoms with Gasteiger partial charge in [-0.2, -0.15) is 8.42 Å². The number of rotatable bonds is 6. The number of nitrogens with one attached hydrogen (secondary N) is 1. The summed E-state index contributed by atoms with van der Waals surface area (Å²) in [4.78, 5) is 5.16. The van der Waals surface area contributed by atoms with Gasteiger partial charge in [0.2, 0.25) is 0 Å². The lowest BCUT2D eigenvalue weighted by atomic mass is 9.95. The maximum atomic E-state index is 13.3. The van der Waals surface area contributed by atoms with Gasteiger partial charge in [0, 0.05) is 17.8 Å². The standard InChI is InChI=1S/C29H33N3O3S/c1-19-13-14-32-26(17-19)31-27(29(32)30-24-10-6-5-7-11-24)23-9-8-12-25(18-23)35-36(33,34)28-21(3)15-20(2)16-22(28)4/h8-9,12-18,24,30H,5-7,10-11H2,1-4H3. The third kappa shape index (κ3) is 4.85. The van der Waals surface area contributed by atoms with Crippen molar-refractivity contribution in [2.75, 3.05) is 5.32 Å². The van der Waals surface area contributed by atoms with Crippen molar-refractivity contribution in [3.05, 3.63) is 77.0 Å². The highest BCUT2D eigenvalue weighted by atomic mass is 32.2. The number of aryl methyl sites for hydroxylation is 4. The lowest BCUT2D eigenvalue weighted by Gasteiger charge is -2.24. The Hall–Kier alpha value is -3.32. The summed E-state index contributed by atoms with van der Waals surface area (Å²) in [6.07, 6.45) is 8.04. The molecule has 1 aliphatic rings. The Kier molecular flexibility index (Phi) is 6.51. The largest absolute Gasteiger partial charge is 0.379 e. The predicted molar refractivity (Wildman–Crippen MR) is 144 cm³/mol. The second kappa shape index (κ2) is 9.62. The van der Waals surface area contributed by atoms with E-state index >= 15 is 0 Å². The molecule has 1 saturated carbocycles. The molecular weight excluding hydrogens is 470 g/mol. The first kappa shape index (κ1) is 24.4. The van der Waals surface area contributed by atoms with Gasteiger partial charge >= 0.3 is 10.1 Å². The summed E-state index contributed by atoms with van der Waals surface area (Å²) in [6, 6.07) is 15.4. The molecule has 0 radical (unpaired) electrons. The van der Waals surface area contributed by atoms with Crippen molar-refractivity contribution < 1.29 is 12.6 Å². The van der Waals surface area contributed by atoms with Crippen LogP contribution in [0.4, 0.5) is 5.82 Å². The fraction of sp³-hybridized carbons (Fsp3) is 0.345. The fourth-order valence-electron chi connectivity index (χ4n) is 5.35.